The third kappa shape index (κ3) is 4.23. The Morgan fingerprint density at radius 3 is 2.65 bits per heavy atom. The van der Waals surface area contributed by atoms with E-state index < -0.39 is 0 Å². The predicted octanol–water partition coefficient (Wildman–Crippen LogP) is 3.25. The molecule has 0 spiro atoms. The van der Waals surface area contributed by atoms with Crippen LogP contribution in [0.2, 0.25) is 0 Å². The van der Waals surface area contributed by atoms with Crippen molar-refractivity contribution in [2.24, 2.45) is 11.8 Å². The van der Waals surface area contributed by atoms with Gasteiger partial charge in [-0.3, -0.25) is 4.79 Å². The fraction of sp³-hybridized carbons (Fsp3) is 0.562. The van der Waals surface area contributed by atoms with Gasteiger partial charge in [-0.1, -0.05) is 47.0 Å². The van der Waals surface area contributed by atoms with E-state index >= 15 is 0 Å². The lowest BCUT2D eigenvalue weighted by molar-refractivity contribution is -0.120. The van der Waals surface area contributed by atoms with Crippen LogP contribution in [0.1, 0.15) is 31.2 Å². The van der Waals surface area contributed by atoms with Crippen LogP contribution in [0.4, 0.5) is 0 Å². The first-order valence-corrected chi connectivity index (χ1v) is 8.42. The van der Waals surface area contributed by atoms with Crippen molar-refractivity contribution in [2.75, 3.05) is 11.9 Å². The topological polar surface area (TPSA) is 49.3 Å². The lowest BCUT2D eigenvalue weighted by Gasteiger charge is -2.30. The smallest absolute Gasteiger partial charge is 0.224 e. The lowest BCUT2D eigenvalue weighted by atomic mass is 9.80. The number of phenols is 1. The number of amides is 1. The van der Waals surface area contributed by atoms with Crippen molar-refractivity contribution >= 4 is 21.8 Å². The summed E-state index contributed by atoms with van der Waals surface area (Å²) in [5.74, 6) is 1.44. The maximum Gasteiger partial charge on any atom is 0.224 e. The first-order valence-electron chi connectivity index (χ1n) is 7.30. The van der Waals surface area contributed by atoms with E-state index in [0.29, 0.717) is 17.4 Å². The highest BCUT2D eigenvalue weighted by Crippen LogP contribution is 2.30. The Bertz CT molecular complexity index is 450. The number of nitrogens with one attached hydrogen (secondary N) is 1. The summed E-state index contributed by atoms with van der Waals surface area (Å²) < 4.78 is 0. The molecule has 1 amide bonds. The standard InChI is InChI=1S/C16H22BrNO2/c17-10-13-6-1-2-7-14(13)11-18-16(20)9-12-5-3-4-8-15(12)19/h3-5,8,13-14,19H,1-2,6-7,9-11H2,(H,18,20). The van der Waals surface area contributed by atoms with E-state index in [2.05, 4.69) is 21.2 Å². The van der Waals surface area contributed by atoms with Gasteiger partial charge in [-0.05, 0) is 30.7 Å². The number of carbonyl (C=O) groups excluding carboxylic acids is 1. The number of halogens is 1. The van der Waals surface area contributed by atoms with E-state index in [0.717, 1.165) is 11.9 Å². The molecular weight excluding hydrogens is 318 g/mol. The zero-order chi connectivity index (χ0) is 14.4. The molecule has 0 radical (unpaired) electrons. The fourth-order valence-corrected chi connectivity index (χ4v) is 3.75. The van der Waals surface area contributed by atoms with Crippen molar-refractivity contribution < 1.29 is 9.90 Å². The van der Waals surface area contributed by atoms with E-state index in [1.54, 1.807) is 18.2 Å². The molecule has 2 atom stereocenters. The number of aromatic hydroxyl groups is 1. The van der Waals surface area contributed by atoms with E-state index in [1.807, 2.05) is 6.07 Å². The van der Waals surface area contributed by atoms with Crippen LogP contribution in [-0.2, 0) is 11.2 Å². The van der Waals surface area contributed by atoms with Crippen molar-refractivity contribution in [3.63, 3.8) is 0 Å². The molecule has 1 fully saturated rings. The zero-order valence-electron chi connectivity index (χ0n) is 11.6. The van der Waals surface area contributed by atoms with Crippen LogP contribution in [0, 0.1) is 11.8 Å². The van der Waals surface area contributed by atoms with Gasteiger partial charge < -0.3 is 10.4 Å². The third-order valence-electron chi connectivity index (χ3n) is 4.17. The molecule has 0 bridgehead atoms. The van der Waals surface area contributed by atoms with Gasteiger partial charge in [0.1, 0.15) is 5.75 Å². The Balaban J connectivity index is 1.81. The van der Waals surface area contributed by atoms with Gasteiger partial charge in [0.25, 0.3) is 0 Å². The van der Waals surface area contributed by atoms with Crippen LogP contribution < -0.4 is 5.32 Å². The molecule has 1 aromatic carbocycles. The molecule has 20 heavy (non-hydrogen) atoms. The van der Waals surface area contributed by atoms with Gasteiger partial charge in [0.15, 0.2) is 0 Å². The summed E-state index contributed by atoms with van der Waals surface area (Å²) in [5, 5.41) is 13.7. The molecule has 3 nitrogen and oxygen atoms in total. The minimum Gasteiger partial charge on any atom is -0.508 e. The average Bonchev–Trinajstić information content (AvgIpc) is 2.48. The second-order valence-corrected chi connectivity index (χ2v) is 6.22. The summed E-state index contributed by atoms with van der Waals surface area (Å²) in [6.07, 6.45) is 5.28. The van der Waals surface area contributed by atoms with Crippen LogP contribution in [0.25, 0.3) is 0 Å². The second-order valence-electron chi connectivity index (χ2n) is 5.57. The number of benzene rings is 1. The lowest BCUT2D eigenvalue weighted by Crippen LogP contribution is -2.35. The molecular formula is C16H22BrNO2. The number of rotatable bonds is 5. The van der Waals surface area contributed by atoms with Crippen molar-refractivity contribution in [3.8, 4) is 5.75 Å². The van der Waals surface area contributed by atoms with Crippen LogP contribution >= 0.6 is 15.9 Å². The highest BCUT2D eigenvalue weighted by molar-refractivity contribution is 9.09. The normalized spacial score (nSPS) is 22.4. The highest BCUT2D eigenvalue weighted by atomic mass is 79.9. The number of phenolic OH excluding ortho intramolecular Hbond substituents is 1. The first kappa shape index (κ1) is 15.4. The molecule has 2 unspecified atom stereocenters. The zero-order valence-corrected chi connectivity index (χ0v) is 13.2. The highest BCUT2D eigenvalue weighted by Gasteiger charge is 2.24. The monoisotopic (exact) mass is 339 g/mol. The van der Waals surface area contributed by atoms with E-state index in [9.17, 15) is 9.90 Å². The van der Waals surface area contributed by atoms with Gasteiger partial charge in [0.2, 0.25) is 5.91 Å². The van der Waals surface area contributed by atoms with E-state index in [4.69, 9.17) is 0 Å². The molecule has 2 rings (SSSR count). The summed E-state index contributed by atoms with van der Waals surface area (Å²) in [7, 11) is 0. The second kappa shape index (κ2) is 7.67. The SMILES string of the molecule is O=C(Cc1ccccc1O)NCC1CCCCC1CBr. The molecule has 1 saturated carbocycles. The molecule has 4 heteroatoms. The summed E-state index contributed by atoms with van der Waals surface area (Å²) in [5.41, 5.74) is 0.686. The number of alkyl halides is 1. The van der Waals surface area contributed by atoms with Crippen LogP contribution in [-0.4, -0.2) is 22.9 Å². The molecule has 0 heterocycles. The van der Waals surface area contributed by atoms with Gasteiger partial charge in [-0.25, -0.2) is 0 Å². The number of carbonyl (C=O) groups is 1. The van der Waals surface area contributed by atoms with E-state index in [-0.39, 0.29) is 18.1 Å². The maximum atomic E-state index is 12.0. The van der Waals surface area contributed by atoms with Gasteiger partial charge >= 0.3 is 0 Å². The Morgan fingerprint density at radius 1 is 1.25 bits per heavy atom. The van der Waals surface area contributed by atoms with Gasteiger partial charge in [0, 0.05) is 17.4 Å². The van der Waals surface area contributed by atoms with Crippen molar-refractivity contribution in [1.82, 2.24) is 5.32 Å². The molecule has 2 N–H and O–H groups in total. The summed E-state index contributed by atoms with van der Waals surface area (Å²) in [6.45, 7) is 0.753. The molecule has 0 aromatic heterocycles. The van der Waals surface area contributed by atoms with Gasteiger partial charge in [-0.2, -0.15) is 0 Å². The van der Waals surface area contributed by atoms with Crippen molar-refractivity contribution in [2.45, 2.75) is 32.1 Å². The van der Waals surface area contributed by atoms with Crippen LogP contribution in [0.3, 0.4) is 0 Å². The first-order chi connectivity index (χ1) is 9.70. The Kier molecular flexibility index (Phi) is 5.89. The minimum atomic E-state index is -0.00889. The van der Waals surface area contributed by atoms with Crippen molar-refractivity contribution in [1.29, 1.82) is 0 Å². The Hall–Kier alpha value is -1.03. The third-order valence-corrected chi connectivity index (χ3v) is 5.00. The number of hydrogen-bond acceptors (Lipinski definition) is 2. The number of para-hydroxylation sites is 1. The van der Waals surface area contributed by atoms with Crippen molar-refractivity contribution in [3.05, 3.63) is 29.8 Å². The molecule has 0 aliphatic heterocycles. The molecule has 0 saturated heterocycles. The number of hydrogen-bond donors (Lipinski definition) is 2. The average molecular weight is 340 g/mol. The molecule has 1 aromatic rings. The van der Waals surface area contributed by atoms with Gasteiger partial charge in [0.05, 0.1) is 6.42 Å². The largest absolute Gasteiger partial charge is 0.508 e. The summed E-state index contributed by atoms with van der Waals surface area (Å²) >= 11 is 3.58. The minimum absolute atomic E-state index is 0.00889. The van der Waals surface area contributed by atoms with Crippen LogP contribution in [0.15, 0.2) is 24.3 Å². The fourth-order valence-electron chi connectivity index (χ4n) is 2.90. The summed E-state index contributed by atoms with van der Waals surface area (Å²) in [6, 6.07) is 7.01. The Labute approximate surface area is 128 Å². The maximum absolute atomic E-state index is 12.0. The Morgan fingerprint density at radius 2 is 1.95 bits per heavy atom. The van der Waals surface area contributed by atoms with Gasteiger partial charge in [-0.15, -0.1) is 0 Å². The molecule has 1 aliphatic carbocycles. The molecule has 1 aliphatic rings. The predicted molar refractivity (Wildman–Crippen MR) is 84.1 cm³/mol. The summed E-state index contributed by atoms with van der Waals surface area (Å²) in [4.78, 5) is 12.0. The van der Waals surface area contributed by atoms with Crippen LogP contribution in [0.5, 0.6) is 5.75 Å². The quantitative estimate of drug-likeness (QED) is 0.809. The van der Waals surface area contributed by atoms with E-state index in [1.165, 1.54) is 25.7 Å². The molecule has 110 valence electrons.